The molecule has 0 atom stereocenters. The highest BCUT2D eigenvalue weighted by Crippen LogP contribution is 2.21. The average Bonchev–Trinajstić information content (AvgIpc) is 3.07. The van der Waals surface area contributed by atoms with Crippen LogP contribution in [-0.2, 0) is 4.74 Å². The molecule has 0 spiro atoms. The SMILES string of the molecule is Cc1c(C(=O)N2CCC(N(C)C(=O)OC(C)(C)C)CC2)nnn1-c1ccc(F)cc1. The second-order valence-electron chi connectivity index (χ2n) is 8.53. The second kappa shape index (κ2) is 8.41. The van der Waals surface area contributed by atoms with Crippen LogP contribution in [0.15, 0.2) is 24.3 Å². The van der Waals surface area contributed by atoms with E-state index in [1.165, 1.54) is 16.8 Å². The summed E-state index contributed by atoms with van der Waals surface area (Å²) in [6.45, 7) is 8.29. The van der Waals surface area contributed by atoms with Crippen LogP contribution in [0.5, 0.6) is 0 Å². The predicted molar refractivity (Wildman–Crippen MR) is 109 cm³/mol. The van der Waals surface area contributed by atoms with Crippen molar-refractivity contribution in [3.63, 3.8) is 0 Å². The van der Waals surface area contributed by atoms with Gasteiger partial charge in [0.2, 0.25) is 0 Å². The highest BCUT2D eigenvalue weighted by atomic mass is 19.1. The molecule has 1 aliphatic heterocycles. The highest BCUT2D eigenvalue weighted by molar-refractivity contribution is 5.93. The number of likely N-dealkylation sites (tertiary alicyclic amines) is 1. The predicted octanol–water partition coefficient (Wildman–Crippen LogP) is 3.19. The summed E-state index contributed by atoms with van der Waals surface area (Å²) in [4.78, 5) is 28.6. The molecule has 162 valence electrons. The summed E-state index contributed by atoms with van der Waals surface area (Å²) in [6.07, 6.45) is 0.963. The number of hydrogen-bond donors (Lipinski definition) is 0. The third-order valence-corrected chi connectivity index (χ3v) is 5.15. The molecular weight excluding hydrogens is 389 g/mol. The lowest BCUT2D eigenvalue weighted by Gasteiger charge is -2.37. The van der Waals surface area contributed by atoms with Crippen molar-refractivity contribution in [3.05, 3.63) is 41.5 Å². The van der Waals surface area contributed by atoms with Crippen LogP contribution in [-0.4, -0.2) is 68.6 Å². The van der Waals surface area contributed by atoms with E-state index in [1.807, 2.05) is 20.8 Å². The molecule has 0 saturated carbocycles. The molecule has 8 nitrogen and oxygen atoms in total. The molecule has 30 heavy (non-hydrogen) atoms. The van der Waals surface area contributed by atoms with Crippen LogP contribution in [0.1, 0.15) is 49.8 Å². The van der Waals surface area contributed by atoms with Crippen LogP contribution < -0.4 is 0 Å². The zero-order valence-electron chi connectivity index (χ0n) is 18.1. The van der Waals surface area contributed by atoms with Crippen molar-refractivity contribution < 1.29 is 18.7 Å². The summed E-state index contributed by atoms with van der Waals surface area (Å²) in [5.74, 6) is -0.536. The third-order valence-electron chi connectivity index (χ3n) is 5.15. The molecule has 0 bridgehead atoms. The Labute approximate surface area is 175 Å². The van der Waals surface area contributed by atoms with Crippen molar-refractivity contribution in [2.75, 3.05) is 20.1 Å². The summed E-state index contributed by atoms with van der Waals surface area (Å²) in [6, 6.07) is 5.86. The molecule has 1 aromatic heterocycles. The number of rotatable bonds is 3. The van der Waals surface area contributed by atoms with E-state index in [-0.39, 0.29) is 29.6 Å². The Balaban J connectivity index is 1.63. The van der Waals surface area contributed by atoms with Gasteiger partial charge in [0.1, 0.15) is 11.4 Å². The van der Waals surface area contributed by atoms with Gasteiger partial charge in [-0.25, -0.2) is 13.9 Å². The van der Waals surface area contributed by atoms with E-state index in [2.05, 4.69) is 10.3 Å². The molecule has 1 saturated heterocycles. The minimum absolute atomic E-state index is 0.0138. The van der Waals surface area contributed by atoms with Crippen molar-refractivity contribution in [1.82, 2.24) is 24.8 Å². The van der Waals surface area contributed by atoms with Gasteiger partial charge in [0.15, 0.2) is 5.69 Å². The number of hydrogen-bond acceptors (Lipinski definition) is 5. The number of carbonyl (C=O) groups excluding carboxylic acids is 2. The van der Waals surface area contributed by atoms with Crippen LogP contribution in [0.25, 0.3) is 5.69 Å². The smallest absolute Gasteiger partial charge is 0.410 e. The quantitative estimate of drug-likeness (QED) is 0.766. The first-order chi connectivity index (χ1) is 14.1. The van der Waals surface area contributed by atoms with Crippen LogP contribution in [0.2, 0.25) is 0 Å². The van der Waals surface area contributed by atoms with Gasteiger partial charge in [-0.2, -0.15) is 0 Å². The Morgan fingerprint density at radius 1 is 1.17 bits per heavy atom. The summed E-state index contributed by atoms with van der Waals surface area (Å²) in [5, 5.41) is 8.12. The Kier molecular flexibility index (Phi) is 6.09. The van der Waals surface area contributed by atoms with Gasteiger partial charge in [0.25, 0.3) is 5.91 Å². The van der Waals surface area contributed by atoms with E-state index in [0.717, 1.165) is 0 Å². The van der Waals surface area contributed by atoms with E-state index in [9.17, 15) is 14.0 Å². The molecule has 0 radical (unpaired) electrons. The number of aromatic nitrogens is 3. The van der Waals surface area contributed by atoms with Gasteiger partial charge in [-0.1, -0.05) is 5.21 Å². The van der Waals surface area contributed by atoms with Gasteiger partial charge >= 0.3 is 6.09 Å². The van der Waals surface area contributed by atoms with Crippen molar-refractivity contribution in [2.45, 2.75) is 52.2 Å². The molecule has 3 rings (SSSR count). The Bertz CT molecular complexity index is 912. The Hall–Kier alpha value is -2.97. The van der Waals surface area contributed by atoms with Crippen molar-refractivity contribution in [1.29, 1.82) is 0 Å². The molecule has 1 fully saturated rings. The number of amides is 2. The highest BCUT2D eigenvalue weighted by Gasteiger charge is 2.31. The van der Waals surface area contributed by atoms with E-state index in [0.29, 0.717) is 37.3 Å². The van der Waals surface area contributed by atoms with E-state index in [4.69, 9.17) is 4.74 Å². The maximum atomic E-state index is 13.2. The molecule has 2 heterocycles. The Morgan fingerprint density at radius 3 is 2.33 bits per heavy atom. The fourth-order valence-corrected chi connectivity index (χ4v) is 3.44. The van der Waals surface area contributed by atoms with Gasteiger partial charge in [-0.15, -0.1) is 5.10 Å². The summed E-state index contributed by atoms with van der Waals surface area (Å²) in [7, 11) is 1.73. The number of halogens is 1. The minimum atomic E-state index is -0.546. The minimum Gasteiger partial charge on any atom is -0.444 e. The lowest BCUT2D eigenvalue weighted by Crippen LogP contribution is -2.48. The van der Waals surface area contributed by atoms with Crippen molar-refractivity contribution >= 4 is 12.0 Å². The summed E-state index contributed by atoms with van der Waals surface area (Å²) < 4.78 is 20.1. The zero-order chi connectivity index (χ0) is 22.1. The Morgan fingerprint density at radius 2 is 1.77 bits per heavy atom. The molecule has 0 aliphatic carbocycles. The first kappa shape index (κ1) is 21.7. The fourth-order valence-electron chi connectivity index (χ4n) is 3.44. The standard InChI is InChI=1S/C21H28FN5O3/c1-14-18(23-24-27(14)17-8-6-15(22)7-9-17)19(28)26-12-10-16(11-13-26)25(5)20(29)30-21(2,3)4/h6-9,16H,10-13H2,1-5H3. The summed E-state index contributed by atoms with van der Waals surface area (Å²) >= 11 is 0. The lowest BCUT2D eigenvalue weighted by atomic mass is 10.0. The zero-order valence-corrected chi connectivity index (χ0v) is 18.1. The fraction of sp³-hybridized carbons (Fsp3) is 0.524. The number of piperidine rings is 1. The molecule has 2 amide bonds. The molecule has 2 aromatic rings. The molecule has 0 N–H and O–H groups in total. The van der Waals surface area contributed by atoms with Gasteiger partial charge in [0.05, 0.1) is 11.4 Å². The maximum absolute atomic E-state index is 13.2. The van der Waals surface area contributed by atoms with E-state index >= 15 is 0 Å². The largest absolute Gasteiger partial charge is 0.444 e. The van der Waals surface area contributed by atoms with Gasteiger partial charge in [-0.05, 0) is 64.8 Å². The van der Waals surface area contributed by atoms with Crippen LogP contribution in [0, 0.1) is 12.7 Å². The lowest BCUT2D eigenvalue weighted by molar-refractivity contribution is 0.0155. The van der Waals surface area contributed by atoms with Crippen LogP contribution in [0.4, 0.5) is 9.18 Å². The van der Waals surface area contributed by atoms with Crippen LogP contribution in [0.3, 0.4) is 0 Å². The number of carbonyl (C=O) groups is 2. The molecule has 0 unspecified atom stereocenters. The van der Waals surface area contributed by atoms with Gasteiger partial charge in [0, 0.05) is 26.2 Å². The molecule has 9 heteroatoms. The molecule has 1 aliphatic rings. The first-order valence-corrected chi connectivity index (χ1v) is 10.00. The van der Waals surface area contributed by atoms with E-state index < -0.39 is 5.60 Å². The van der Waals surface area contributed by atoms with Crippen LogP contribution >= 0.6 is 0 Å². The van der Waals surface area contributed by atoms with Crippen molar-refractivity contribution in [2.24, 2.45) is 0 Å². The number of nitrogens with zero attached hydrogens (tertiary/aromatic N) is 5. The van der Waals surface area contributed by atoms with E-state index in [1.54, 1.807) is 35.9 Å². The second-order valence-corrected chi connectivity index (χ2v) is 8.53. The molecule has 1 aromatic carbocycles. The monoisotopic (exact) mass is 417 g/mol. The van der Waals surface area contributed by atoms with Gasteiger partial charge in [-0.3, -0.25) is 4.79 Å². The normalized spacial score (nSPS) is 15.2. The van der Waals surface area contributed by atoms with Crippen molar-refractivity contribution in [3.8, 4) is 5.69 Å². The average molecular weight is 417 g/mol. The topological polar surface area (TPSA) is 80.6 Å². The number of benzene rings is 1. The first-order valence-electron chi connectivity index (χ1n) is 10.00. The molecular formula is C21H28FN5O3. The van der Waals surface area contributed by atoms with Gasteiger partial charge < -0.3 is 14.5 Å². The maximum Gasteiger partial charge on any atom is 0.410 e. The summed E-state index contributed by atoms with van der Waals surface area (Å²) in [5.41, 5.74) is 0.964. The third kappa shape index (κ3) is 4.77. The number of ether oxygens (including phenoxy) is 1.